The second kappa shape index (κ2) is 7.89. The number of carbonyl (C=O) groups excluding carboxylic acids is 2. The van der Waals surface area contributed by atoms with E-state index in [-0.39, 0.29) is 22.6 Å². The molecule has 2 N–H and O–H groups in total. The average Bonchev–Trinajstić information content (AvgIpc) is 3.09. The molecule has 3 aromatic rings. The molecular weight excluding hydrogens is 382 g/mol. The third kappa shape index (κ3) is 3.55. The molecule has 3 rings (SSSR count). The first kappa shape index (κ1) is 19.7. The van der Waals surface area contributed by atoms with E-state index in [2.05, 4.69) is 10.3 Å². The van der Waals surface area contributed by atoms with Crippen LogP contribution < -0.4 is 14.8 Å². The van der Waals surface area contributed by atoms with E-state index in [0.29, 0.717) is 22.4 Å². The number of nitrogens with one attached hydrogen (secondary N) is 2. The van der Waals surface area contributed by atoms with Gasteiger partial charge in [0.2, 0.25) is 0 Å². The van der Waals surface area contributed by atoms with E-state index < -0.39 is 16.8 Å². The standard InChI is InChI=1S/C19H17N3O7/c1-27-14-8-11-12(9-15(14)28-2)20-17(19(24)29-3)16(11)21-18(23)10-6-4-5-7-13(10)22(25)26/h4-9,20H,1-3H3,(H,21,23). The summed E-state index contributed by atoms with van der Waals surface area (Å²) in [5.41, 5.74) is 0.0495. The number of aromatic nitrogens is 1. The lowest BCUT2D eigenvalue weighted by Gasteiger charge is -2.09. The van der Waals surface area contributed by atoms with Gasteiger partial charge in [-0.2, -0.15) is 0 Å². The van der Waals surface area contributed by atoms with Gasteiger partial charge in [0.15, 0.2) is 11.5 Å². The number of fused-ring (bicyclic) bond motifs is 1. The van der Waals surface area contributed by atoms with E-state index in [1.165, 1.54) is 45.6 Å². The number of H-pyrrole nitrogens is 1. The number of benzene rings is 2. The molecule has 0 saturated heterocycles. The minimum atomic E-state index is -0.752. The van der Waals surface area contributed by atoms with Crippen LogP contribution in [-0.4, -0.2) is 43.1 Å². The number of hydrogen-bond acceptors (Lipinski definition) is 7. The fourth-order valence-corrected chi connectivity index (χ4v) is 2.91. The van der Waals surface area contributed by atoms with E-state index in [9.17, 15) is 19.7 Å². The fraction of sp³-hybridized carbons (Fsp3) is 0.158. The van der Waals surface area contributed by atoms with Gasteiger partial charge in [0.25, 0.3) is 11.6 Å². The fourth-order valence-electron chi connectivity index (χ4n) is 2.91. The molecule has 0 aliphatic heterocycles. The van der Waals surface area contributed by atoms with Crippen LogP contribution in [0.3, 0.4) is 0 Å². The minimum absolute atomic E-state index is 0.0234. The molecule has 1 aromatic heterocycles. The van der Waals surface area contributed by atoms with Crippen molar-refractivity contribution in [3.8, 4) is 11.5 Å². The highest BCUT2D eigenvalue weighted by Crippen LogP contribution is 2.37. The molecule has 150 valence electrons. The van der Waals surface area contributed by atoms with Crippen molar-refractivity contribution in [2.45, 2.75) is 0 Å². The first-order valence-electron chi connectivity index (χ1n) is 8.32. The van der Waals surface area contributed by atoms with Crippen LogP contribution in [0, 0.1) is 10.1 Å². The Morgan fingerprint density at radius 3 is 2.34 bits per heavy atom. The highest BCUT2D eigenvalue weighted by molar-refractivity contribution is 6.16. The van der Waals surface area contributed by atoms with Crippen molar-refractivity contribution in [3.05, 3.63) is 57.8 Å². The lowest BCUT2D eigenvalue weighted by atomic mass is 10.1. The van der Waals surface area contributed by atoms with Crippen LogP contribution in [-0.2, 0) is 4.74 Å². The second-order valence-corrected chi connectivity index (χ2v) is 5.85. The molecule has 1 heterocycles. The Bertz CT molecular complexity index is 1120. The lowest BCUT2D eigenvalue weighted by Crippen LogP contribution is -2.16. The zero-order valence-corrected chi connectivity index (χ0v) is 15.8. The molecule has 0 bridgehead atoms. The number of para-hydroxylation sites is 1. The maximum Gasteiger partial charge on any atom is 0.356 e. The Hall–Kier alpha value is -4.08. The smallest absolute Gasteiger partial charge is 0.356 e. The van der Waals surface area contributed by atoms with Crippen LogP contribution >= 0.6 is 0 Å². The Morgan fingerprint density at radius 2 is 1.72 bits per heavy atom. The summed E-state index contributed by atoms with van der Waals surface area (Å²) >= 11 is 0. The van der Waals surface area contributed by atoms with Crippen LogP contribution in [0.5, 0.6) is 11.5 Å². The summed E-state index contributed by atoms with van der Waals surface area (Å²) in [5, 5.41) is 14.2. The molecule has 0 atom stereocenters. The van der Waals surface area contributed by atoms with Crippen LogP contribution in [0.1, 0.15) is 20.8 Å². The molecule has 29 heavy (non-hydrogen) atoms. The van der Waals surface area contributed by atoms with Gasteiger partial charge in [-0.05, 0) is 12.1 Å². The SMILES string of the molecule is COC(=O)c1[nH]c2cc(OC)c(OC)cc2c1NC(=O)c1ccccc1[N+](=O)[O-]. The van der Waals surface area contributed by atoms with Gasteiger partial charge in [-0.1, -0.05) is 12.1 Å². The summed E-state index contributed by atoms with van der Waals surface area (Å²) in [7, 11) is 4.11. The number of hydrogen-bond donors (Lipinski definition) is 2. The zero-order valence-electron chi connectivity index (χ0n) is 15.8. The van der Waals surface area contributed by atoms with E-state index in [1.807, 2.05) is 0 Å². The van der Waals surface area contributed by atoms with Crippen molar-refractivity contribution < 1.29 is 28.7 Å². The van der Waals surface area contributed by atoms with Gasteiger partial charge in [-0.3, -0.25) is 14.9 Å². The summed E-state index contributed by atoms with van der Waals surface area (Å²) < 4.78 is 15.3. The summed E-state index contributed by atoms with van der Waals surface area (Å²) in [5.74, 6) is -0.694. The summed E-state index contributed by atoms with van der Waals surface area (Å²) in [6.07, 6.45) is 0. The van der Waals surface area contributed by atoms with Crippen LogP contribution in [0.4, 0.5) is 11.4 Å². The van der Waals surface area contributed by atoms with Crippen molar-refractivity contribution >= 4 is 34.2 Å². The first-order valence-corrected chi connectivity index (χ1v) is 8.32. The van der Waals surface area contributed by atoms with Crippen molar-refractivity contribution in [3.63, 3.8) is 0 Å². The predicted molar refractivity (Wildman–Crippen MR) is 104 cm³/mol. The molecule has 0 fully saturated rings. The second-order valence-electron chi connectivity index (χ2n) is 5.85. The summed E-state index contributed by atoms with van der Waals surface area (Å²) in [6, 6.07) is 8.68. The molecule has 0 aliphatic carbocycles. The Morgan fingerprint density at radius 1 is 1.07 bits per heavy atom. The number of esters is 1. The monoisotopic (exact) mass is 399 g/mol. The molecule has 0 saturated carbocycles. The Balaban J connectivity index is 2.16. The maximum atomic E-state index is 12.8. The average molecular weight is 399 g/mol. The quantitative estimate of drug-likeness (QED) is 0.369. The van der Waals surface area contributed by atoms with Gasteiger partial charge in [0.1, 0.15) is 11.3 Å². The highest BCUT2D eigenvalue weighted by atomic mass is 16.6. The van der Waals surface area contributed by atoms with Crippen molar-refractivity contribution in [2.75, 3.05) is 26.6 Å². The van der Waals surface area contributed by atoms with E-state index in [4.69, 9.17) is 14.2 Å². The number of nitro groups is 1. The molecular formula is C19H17N3O7. The lowest BCUT2D eigenvalue weighted by molar-refractivity contribution is -0.385. The third-order valence-electron chi connectivity index (χ3n) is 4.28. The van der Waals surface area contributed by atoms with E-state index in [0.717, 1.165) is 0 Å². The van der Waals surface area contributed by atoms with Crippen molar-refractivity contribution in [1.29, 1.82) is 0 Å². The summed E-state index contributed by atoms with van der Waals surface area (Å²) in [6.45, 7) is 0. The number of nitrogens with zero attached hydrogens (tertiary/aromatic N) is 1. The minimum Gasteiger partial charge on any atom is -0.493 e. The molecule has 0 unspecified atom stereocenters. The normalized spacial score (nSPS) is 10.4. The van der Waals surface area contributed by atoms with Gasteiger partial charge in [0.05, 0.1) is 37.5 Å². The number of anilines is 1. The zero-order chi connectivity index (χ0) is 21.1. The van der Waals surface area contributed by atoms with E-state index >= 15 is 0 Å². The number of rotatable bonds is 6. The van der Waals surface area contributed by atoms with Gasteiger partial charge in [-0.15, -0.1) is 0 Å². The molecule has 10 heteroatoms. The topological polar surface area (TPSA) is 133 Å². The number of aromatic amines is 1. The van der Waals surface area contributed by atoms with Crippen molar-refractivity contribution in [1.82, 2.24) is 4.98 Å². The van der Waals surface area contributed by atoms with Crippen LogP contribution in [0.2, 0.25) is 0 Å². The molecule has 0 spiro atoms. The number of nitro benzene ring substituents is 1. The first-order chi connectivity index (χ1) is 13.9. The molecule has 10 nitrogen and oxygen atoms in total. The highest BCUT2D eigenvalue weighted by Gasteiger charge is 2.25. The van der Waals surface area contributed by atoms with Gasteiger partial charge < -0.3 is 24.5 Å². The summed E-state index contributed by atoms with van der Waals surface area (Å²) in [4.78, 5) is 38.5. The predicted octanol–water partition coefficient (Wildman–Crippen LogP) is 3.13. The van der Waals surface area contributed by atoms with Gasteiger partial charge >= 0.3 is 5.97 Å². The third-order valence-corrected chi connectivity index (χ3v) is 4.28. The number of carbonyl (C=O) groups is 2. The molecule has 0 aliphatic rings. The Kier molecular flexibility index (Phi) is 5.35. The largest absolute Gasteiger partial charge is 0.493 e. The van der Waals surface area contributed by atoms with Gasteiger partial charge in [0, 0.05) is 17.5 Å². The number of amides is 1. The Labute approximate surface area is 164 Å². The number of methoxy groups -OCH3 is 3. The van der Waals surface area contributed by atoms with Crippen molar-refractivity contribution in [2.24, 2.45) is 0 Å². The van der Waals surface area contributed by atoms with E-state index in [1.54, 1.807) is 12.1 Å². The molecule has 1 amide bonds. The maximum absolute atomic E-state index is 12.8. The molecule has 0 radical (unpaired) electrons. The van der Waals surface area contributed by atoms with Crippen LogP contribution in [0.25, 0.3) is 10.9 Å². The van der Waals surface area contributed by atoms with Crippen LogP contribution in [0.15, 0.2) is 36.4 Å². The molecule has 2 aromatic carbocycles. The van der Waals surface area contributed by atoms with Gasteiger partial charge in [-0.25, -0.2) is 4.79 Å². The number of ether oxygens (including phenoxy) is 3.